The highest BCUT2D eigenvalue weighted by atomic mass is 32.2. The molecule has 3 rings (SSSR count). The van der Waals surface area contributed by atoms with Gasteiger partial charge in [0.25, 0.3) is 10.0 Å². The molecule has 0 N–H and O–H groups in total. The Labute approximate surface area is 117 Å². The summed E-state index contributed by atoms with van der Waals surface area (Å²) < 4.78 is 26.4. The molecule has 0 saturated heterocycles. The second-order valence-corrected chi connectivity index (χ2v) is 6.87. The third-order valence-electron chi connectivity index (χ3n) is 3.66. The Balaban J connectivity index is 2.25. The SMILES string of the molecule is CC1C=c2ncn(S(=O)(=O)c3cccnc3)c2=CC1C. The number of fused-ring (bicyclic) bond motifs is 1. The van der Waals surface area contributed by atoms with Crippen molar-refractivity contribution < 1.29 is 8.42 Å². The Morgan fingerprint density at radius 3 is 2.65 bits per heavy atom. The molecule has 5 nitrogen and oxygen atoms in total. The summed E-state index contributed by atoms with van der Waals surface area (Å²) in [4.78, 5) is 8.25. The lowest BCUT2D eigenvalue weighted by atomic mass is 9.92. The number of pyridine rings is 1. The van der Waals surface area contributed by atoms with Crippen molar-refractivity contribution in [2.24, 2.45) is 11.8 Å². The van der Waals surface area contributed by atoms with Gasteiger partial charge < -0.3 is 0 Å². The van der Waals surface area contributed by atoms with Crippen LogP contribution in [-0.2, 0) is 10.0 Å². The summed E-state index contributed by atoms with van der Waals surface area (Å²) in [5.41, 5.74) is 0. The third kappa shape index (κ3) is 1.96. The molecule has 104 valence electrons. The van der Waals surface area contributed by atoms with Crippen LogP contribution in [0.3, 0.4) is 0 Å². The van der Waals surface area contributed by atoms with E-state index in [1.165, 1.54) is 22.6 Å². The molecule has 0 aliphatic heterocycles. The molecule has 0 radical (unpaired) electrons. The van der Waals surface area contributed by atoms with Crippen molar-refractivity contribution in [1.29, 1.82) is 0 Å². The Morgan fingerprint density at radius 2 is 1.95 bits per heavy atom. The van der Waals surface area contributed by atoms with E-state index < -0.39 is 10.0 Å². The van der Waals surface area contributed by atoms with Gasteiger partial charge >= 0.3 is 0 Å². The molecule has 0 aromatic carbocycles. The van der Waals surface area contributed by atoms with E-state index >= 15 is 0 Å². The average Bonchev–Trinajstić information content (AvgIpc) is 2.84. The molecule has 0 amide bonds. The van der Waals surface area contributed by atoms with Gasteiger partial charge in [-0.25, -0.2) is 17.4 Å². The standard InChI is InChI=1S/C14H15N3O2S/c1-10-6-13-14(7-11(10)2)17(9-16-13)20(18,19)12-4-3-5-15-8-12/h3-11H,1-2H3. The Morgan fingerprint density at radius 1 is 1.20 bits per heavy atom. The maximum atomic E-state index is 12.6. The van der Waals surface area contributed by atoms with Crippen molar-refractivity contribution in [2.45, 2.75) is 18.7 Å². The molecule has 20 heavy (non-hydrogen) atoms. The van der Waals surface area contributed by atoms with Crippen molar-refractivity contribution in [3.8, 4) is 0 Å². The van der Waals surface area contributed by atoms with Crippen LogP contribution in [0.4, 0.5) is 0 Å². The second kappa shape index (κ2) is 4.56. The van der Waals surface area contributed by atoms with Crippen molar-refractivity contribution in [3.63, 3.8) is 0 Å². The zero-order chi connectivity index (χ0) is 14.3. The number of aromatic nitrogens is 3. The predicted molar refractivity (Wildman–Crippen MR) is 75.6 cm³/mol. The summed E-state index contributed by atoms with van der Waals surface area (Å²) in [5, 5.41) is 1.36. The summed E-state index contributed by atoms with van der Waals surface area (Å²) in [6.07, 6.45) is 8.23. The molecule has 2 aromatic rings. The maximum absolute atomic E-state index is 12.6. The van der Waals surface area contributed by atoms with E-state index in [9.17, 15) is 8.42 Å². The average molecular weight is 289 g/mol. The quantitative estimate of drug-likeness (QED) is 0.801. The topological polar surface area (TPSA) is 64.8 Å². The van der Waals surface area contributed by atoms with E-state index in [4.69, 9.17) is 0 Å². The lowest BCUT2D eigenvalue weighted by Crippen LogP contribution is -2.38. The van der Waals surface area contributed by atoms with Gasteiger partial charge in [0.05, 0.1) is 10.7 Å². The normalized spacial score (nSPS) is 21.7. The second-order valence-electron chi connectivity index (χ2n) is 5.06. The van der Waals surface area contributed by atoms with E-state index in [-0.39, 0.29) is 10.8 Å². The monoisotopic (exact) mass is 289 g/mol. The lowest BCUT2D eigenvalue weighted by Gasteiger charge is -2.15. The van der Waals surface area contributed by atoms with Crippen LogP contribution in [0.5, 0.6) is 0 Å². The molecule has 0 spiro atoms. The summed E-state index contributed by atoms with van der Waals surface area (Å²) in [6, 6.07) is 3.14. The highest BCUT2D eigenvalue weighted by molar-refractivity contribution is 7.90. The number of imidazole rings is 1. The van der Waals surface area contributed by atoms with Crippen molar-refractivity contribution in [1.82, 2.24) is 13.9 Å². The number of rotatable bonds is 2. The molecule has 1 aliphatic rings. The van der Waals surface area contributed by atoms with Gasteiger partial charge in [0.15, 0.2) is 0 Å². The molecule has 2 unspecified atom stereocenters. The molecular formula is C14H15N3O2S. The van der Waals surface area contributed by atoms with Crippen LogP contribution in [0.15, 0.2) is 35.7 Å². The Hall–Kier alpha value is -1.95. The molecule has 0 bridgehead atoms. The highest BCUT2D eigenvalue weighted by Crippen LogP contribution is 2.16. The fourth-order valence-electron chi connectivity index (χ4n) is 2.25. The van der Waals surface area contributed by atoms with E-state index in [1.807, 2.05) is 12.2 Å². The number of hydrogen-bond acceptors (Lipinski definition) is 4. The Bertz CT molecular complexity index is 854. The molecule has 6 heteroatoms. The van der Waals surface area contributed by atoms with E-state index in [1.54, 1.807) is 12.3 Å². The van der Waals surface area contributed by atoms with Gasteiger partial charge in [0.2, 0.25) is 0 Å². The largest absolute Gasteiger partial charge is 0.271 e. The van der Waals surface area contributed by atoms with Crippen molar-refractivity contribution in [2.75, 3.05) is 0 Å². The van der Waals surface area contributed by atoms with Crippen molar-refractivity contribution in [3.05, 3.63) is 41.6 Å². The van der Waals surface area contributed by atoms with Gasteiger partial charge in [0, 0.05) is 12.4 Å². The van der Waals surface area contributed by atoms with Crippen LogP contribution in [0.2, 0.25) is 0 Å². The predicted octanol–water partition coefficient (Wildman–Crippen LogP) is 0.362. The first-order chi connectivity index (χ1) is 9.50. The molecular weight excluding hydrogens is 274 g/mol. The van der Waals surface area contributed by atoms with Crippen LogP contribution in [0, 0.1) is 11.8 Å². The van der Waals surface area contributed by atoms with Crippen LogP contribution in [-0.4, -0.2) is 22.4 Å². The minimum atomic E-state index is -3.64. The lowest BCUT2D eigenvalue weighted by molar-refractivity contribution is 0.582. The van der Waals surface area contributed by atoms with Crippen LogP contribution >= 0.6 is 0 Å². The van der Waals surface area contributed by atoms with Crippen LogP contribution < -0.4 is 10.7 Å². The fourth-order valence-corrected chi connectivity index (χ4v) is 3.51. The third-order valence-corrected chi connectivity index (χ3v) is 5.31. The number of hydrogen-bond donors (Lipinski definition) is 0. The summed E-state index contributed by atoms with van der Waals surface area (Å²) >= 11 is 0. The van der Waals surface area contributed by atoms with Gasteiger partial charge in [-0.3, -0.25) is 4.98 Å². The zero-order valence-electron chi connectivity index (χ0n) is 11.3. The fraction of sp³-hybridized carbons (Fsp3) is 0.286. The first-order valence-electron chi connectivity index (χ1n) is 6.43. The van der Waals surface area contributed by atoms with Gasteiger partial charge in [-0.1, -0.05) is 26.0 Å². The summed E-state index contributed by atoms with van der Waals surface area (Å²) in [7, 11) is -3.64. The maximum Gasteiger partial charge on any atom is 0.271 e. The summed E-state index contributed by atoms with van der Waals surface area (Å²) in [6.45, 7) is 4.16. The minimum absolute atomic E-state index is 0.167. The molecule has 2 aromatic heterocycles. The molecule has 0 fully saturated rings. The van der Waals surface area contributed by atoms with Gasteiger partial charge in [-0.15, -0.1) is 0 Å². The smallest absolute Gasteiger partial charge is 0.263 e. The molecule has 1 aliphatic carbocycles. The first kappa shape index (κ1) is 13.1. The number of nitrogens with zero attached hydrogens (tertiary/aromatic N) is 3. The first-order valence-corrected chi connectivity index (χ1v) is 7.87. The molecule has 0 saturated carbocycles. The molecule has 2 atom stereocenters. The zero-order valence-corrected chi connectivity index (χ0v) is 12.1. The summed E-state index contributed by atoms with van der Waals surface area (Å²) in [5.74, 6) is 0.633. The van der Waals surface area contributed by atoms with Crippen LogP contribution in [0.1, 0.15) is 13.8 Å². The minimum Gasteiger partial charge on any atom is -0.263 e. The van der Waals surface area contributed by atoms with Crippen LogP contribution in [0.25, 0.3) is 12.2 Å². The van der Waals surface area contributed by atoms with Gasteiger partial charge in [0.1, 0.15) is 11.2 Å². The van der Waals surface area contributed by atoms with Gasteiger partial charge in [-0.2, -0.15) is 0 Å². The van der Waals surface area contributed by atoms with Crippen molar-refractivity contribution >= 4 is 22.2 Å². The van der Waals surface area contributed by atoms with E-state index in [0.29, 0.717) is 11.3 Å². The molecule has 2 heterocycles. The van der Waals surface area contributed by atoms with E-state index in [0.717, 1.165) is 5.35 Å². The van der Waals surface area contributed by atoms with Gasteiger partial charge in [-0.05, 0) is 24.0 Å². The highest BCUT2D eigenvalue weighted by Gasteiger charge is 2.21. The Kier molecular flexibility index (Phi) is 2.97. The van der Waals surface area contributed by atoms with E-state index in [2.05, 4.69) is 23.8 Å².